The maximum absolute atomic E-state index is 13.5. The fraction of sp³-hybridized carbons (Fsp3) is 0.190. The number of ether oxygens (including phenoxy) is 1. The minimum Gasteiger partial charge on any atom is -0.468 e. The second-order valence-electron chi connectivity index (χ2n) is 6.34. The number of sulfonamides is 1. The first-order chi connectivity index (χ1) is 12.8. The van der Waals surface area contributed by atoms with Crippen molar-refractivity contribution in [2.75, 3.05) is 18.0 Å². The van der Waals surface area contributed by atoms with E-state index in [-0.39, 0.29) is 4.90 Å². The van der Waals surface area contributed by atoms with Crippen LogP contribution >= 0.6 is 0 Å². The van der Waals surface area contributed by atoms with Crippen LogP contribution in [0.4, 0.5) is 5.69 Å². The number of hydrogen-bond donors (Lipinski definition) is 0. The zero-order valence-corrected chi connectivity index (χ0v) is 16.3. The van der Waals surface area contributed by atoms with Gasteiger partial charge in [0.05, 0.1) is 17.7 Å². The second-order valence-corrected chi connectivity index (χ2v) is 8.20. The lowest BCUT2D eigenvalue weighted by atomic mass is 10.1. The van der Waals surface area contributed by atoms with Crippen molar-refractivity contribution < 1.29 is 17.9 Å². The van der Waals surface area contributed by atoms with E-state index in [4.69, 9.17) is 4.74 Å². The SMILES string of the molecule is COC(=O)CN(c1c(C)cccc1C)S(=O)(=O)c1ccc2ccccc2c1. The Morgan fingerprint density at radius 1 is 0.926 bits per heavy atom. The maximum atomic E-state index is 13.5. The van der Waals surface area contributed by atoms with Gasteiger partial charge < -0.3 is 4.74 Å². The Kier molecular flexibility index (Phi) is 5.19. The molecule has 0 aromatic heterocycles. The molecule has 0 unspecified atom stereocenters. The first kappa shape index (κ1) is 18.9. The molecule has 140 valence electrons. The van der Waals surface area contributed by atoms with Gasteiger partial charge in [0.15, 0.2) is 0 Å². The number of para-hydroxylation sites is 1. The van der Waals surface area contributed by atoms with Gasteiger partial charge in [0.25, 0.3) is 10.0 Å². The summed E-state index contributed by atoms with van der Waals surface area (Å²) in [7, 11) is -2.72. The molecule has 3 aromatic carbocycles. The molecular formula is C21H21NO4S. The second kappa shape index (κ2) is 7.40. The fourth-order valence-electron chi connectivity index (χ4n) is 3.12. The van der Waals surface area contributed by atoms with E-state index < -0.39 is 22.5 Å². The number of anilines is 1. The summed E-state index contributed by atoms with van der Waals surface area (Å²) in [5.41, 5.74) is 2.03. The van der Waals surface area contributed by atoms with Gasteiger partial charge >= 0.3 is 5.97 Å². The molecule has 0 radical (unpaired) electrons. The molecule has 6 heteroatoms. The summed E-state index contributed by atoms with van der Waals surface area (Å²) in [6.07, 6.45) is 0. The summed E-state index contributed by atoms with van der Waals surface area (Å²) >= 11 is 0. The monoisotopic (exact) mass is 383 g/mol. The molecule has 0 aliphatic carbocycles. The van der Waals surface area contributed by atoms with Crippen molar-refractivity contribution in [2.24, 2.45) is 0 Å². The summed E-state index contributed by atoms with van der Waals surface area (Å²) in [6, 6.07) is 18.0. The van der Waals surface area contributed by atoms with Crippen LogP contribution in [0.1, 0.15) is 11.1 Å². The lowest BCUT2D eigenvalue weighted by Gasteiger charge is -2.26. The van der Waals surface area contributed by atoms with Crippen LogP contribution in [0.5, 0.6) is 0 Å². The van der Waals surface area contributed by atoms with Crippen LogP contribution in [0, 0.1) is 13.8 Å². The lowest BCUT2D eigenvalue weighted by molar-refractivity contribution is -0.138. The molecular weight excluding hydrogens is 362 g/mol. The highest BCUT2D eigenvalue weighted by Crippen LogP contribution is 2.31. The number of fused-ring (bicyclic) bond motifs is 1. The highest BCUT2D eigenvalue weighted by atomic mass is 32.2. The standard InChI is InChI=1S/C21H21NO4S/c1-15-7-6-8-16(2)21(15)22(14-20(23)26-3)27(24,25)19-12-11-17-9-4-5-10-18(17)13-19/h4-13H,14H2,1-3H3. The Morgan fingerprint density at radius 2 is 1.56 bits per heavy atom. The van der Waals surface area contributed by atoms with Crippen LogP contribution in [0.15, 0.2) is 65.6 Å². The van der Waals surface area contributed by atoms with Gasteiger partial charge in [-0.1, -0.05) is 48.5 Å². The Hall–Kier alpha value is -2.86. The average molecular weight is 383 g/mol. The van der Waals surface area contributed by atoms with E-state index in [0.717, 1.165) is 26.2 Å². The van der Waals surface area contributed by atoms with Crippen molar-refractivity contribution in [3.8, 4) is 0 Å². The van der Waals surface area contributed by atoms with Crippen molar-refractivity contribution >= 4 is 32.5 Å². The average Bonchev–Trinajstić information content (AvgIpc) is 2.66. The number of nitrogens with zero attached hydrogens (tertiary/aromatic N) is 1. The summed E-state index contributed by atoms with van der Waals surface area (Å²) in [5.74, 6) is -0.623. The molecule has 0 saturated carbocycles. The van der Waals surface area contributed by atoms with Crippen LogP contribution in [0.3, 0.4) is 0 Å². The van der Waals surface area contributed by atoms with E-state index in [2.05, 4.69) is 0 Å². The zero-order chi connectivity index (χ0) is 19.6. The van der Waals surface area contributed by atoms with Gasteiger partial charge in [0, 0.05) is 0 Å². The maximum Gasteiger partial charge on any atom is 0.326 e. The number of benzene rings is 3. The molecule has 0 saturated heterocycles. The van der Waals surface area contributed by atoms with Crippen molar-refractivity contribution in [1.29, 1.82) is 0 Å². The van der Waals surface area contributed by atoms with Crippen molar-refractivity contribution in [3.05, 3.63) is 71.8 Å². The fourth-order valence-corrected chi connectivity index (χ4v) is 4.69. The van der Waals surface area contributed by atoms with E-state index in [1.807, 2.05) is 56.3 Å². The molecule has 0 heterocycles. The number of aryl methyl sites for hydroxylation is 2. The number of carbonyl (C=O) groups excluding carboxylic acids is 1. The smallest absolute Gasteiger partial charge is 0.326 e. The molecule has 3 rings (SSSR count). The van der Waals surface area contributed by atoms with Crippen LogP contribution in [-0.2, 0) is 19.6 Å². The van der Waals surface area contributed by atoms with Crippen molar-refractivity contribution in [2.45, 2.75) is 18.7 Å². The first-order valence-corrected chi connectivity index (χ1v) is 9.93. The summed E-state index contributed by atoms with van der Waals surface area (Å²) in [6.45, 7) is 3.25. The van der Waals surface area contributed by atoms with Gasteiger partial charge in [-0.3, -0.25) is 9.10 Å². The van der Waals surface area contributed by atoms with E-state index in [9.17, 15) is 13.2 Å². The topological polar surface area (TPSA) is 63.7 Å². The van der Waals surface area contributed by atoms with Gasteiger partial charge in [-0.2, -0.15) is 0 Å². The van der Waals surface area contributed by atoms with E-state index in [0.29, 0.717) is 5.69 Å². The van der Waals surface area contributed by atoms with Gasteiger partial charge in [0.1, 0.15) is 6.54 Å². The van der Waals surface area contributed by atoms with Crippen molar-refractivity contribution in [1.82, 2.24) is 0 Å². The molecule has 0 aliphatic rings. The van der Waals surface area contributed by atoms with Gasteiger partial charge in [0.2, 0.25) is 0 Å². The van der Waals surface area contributed by atoms with Crippen LogP contribution in [-0.4, -0.2) is 28.0 Å². The highest BCUT2D eigenvalue weighted by Gasteiger charge is 2.29. The first-order valence-electron chi connectivity index (χ1n) is 8.49. The zero-order valence-electron chi connectivity index (χ0n) is 15.5. The van der Waals surface area contributed by atoms with Crippen molar-refractivity contribution in [3.63, 3.8) is 0 Å². The van der Waals surface area contributed by atoms with Crippen LogP contribution < -0.4 is 4.31 Å². The third-order valence-corrected chi connectivity index (χ3v) is 6.24. The third kappa shape index (κ3) is 3.66. The Labute approximate surface area is 159 Å². The summed E-state index contributed by atoms with van der Waals surface area (Å²) in [5, 5.41) is 1.76. The summed E-state index contributed by atoms with van der Waals surface area (Å²) < 4.78 is 32.8. The van der Waals surface area contributed by atoms with E-state index in [1.54, 1.807) is 18.2 Å². The molecule has 0 atom stereocenters. The molecule has 0 fully saturated rings. The number of methoxy groups -OCH3 is 1. The highest BCUT2D eigenvalue weighted by molar-refractivity contribution is 7.92. The molecule has 3 aromatic rings. The number of rotatable bonds is 5. The molecule has 27 heavy (non-hydrogen) atoms. The minimum absolute atomic E-state index is 0.132. The van der Waals surface area contributed by atoms with Gasteiger partial charge in [-0.15, -0.1) is 0 Å². The van der Waals surface area contributed by atoms with Crippen LogP contribution in [0.25, 0.3) is 10.8 Å². The molecule has 5 nitrogen and oxygen atoms in total. The predicted molar refractivity (Wildman–Crippen MR) is 106 cm³/mol. The Bertz CT molecular complexity index is 1090. The lowest BCUT2D eigenvalue weighted by Crippen LogP contribution is -2.37. The quantitative estimate of drug-likeness (QED) is 0.628. The molecule has 0 N–H and O–H groups in total. The molecule has 0 bridgehead atoms. The number of carbonyl (C=O) groups is 1. The van der Waals surface area contributed by atoms with E-state index in [1.165, 1.54) is 7.11 Å². The Balaban J connectivity index is 2.18. The largest absolute Gasteiger partial charge is 0.468 e. The molecule has 0 amide bonds. The number of hydrogen-bond acceptors (Lipinski definition) is 4. The molecule has 0 aliphatic heterocycles. The van der Waals surface area contributed by atoms with Gasteiger partial charge in [-0.05, 0) is 47.9 Å². The number of esters is 1. The normalized spacial score (nSPS) is 11.4. The Morgan fingerprint density at radius 3 is 2.19 bits per heavy atom. The van der Waals surface area contributed by atoms with E-state index >= 15 is 0 Å². The predicted octanol–water partition coefficient (Wildman–Crippen LogP) is 3.82. The summed E-state index contributed by atoms with van der Waals surface area (Å²) in [4.78, 5) is 12.1. The van der Waals surface area contributed by atoms with Crippen LogP contribution in [0.2, 0.25) is 0 Å². The minimum atomic E-state index is -3.96. The van der Waals surface area contributed by atoms with Gasteiger partial charge in [-0.25, -0.2) is 8.42 Å². The third-order valence-electron chi connectivity index (χ3n) is 4.50. The molecule has 0 spiro atoms.